The summed E-state index contributed by atoms with van der Waals surface area (Å²) in [7, 11) is 1.32. The second-order valence-electron chi connectivity index (χ2n) is 6.01. The van der Waals surface area contributed by atoms with Crippen LogP contribution in [0.5, 0.6) is 0 Å². The van der Waals surface area contributed by atoms with Gasteiger partial charge in [-0.2, -0.15) is 0 Å². The van der Waals surface area contributed by atoms with Crippen molar-refractivity contribution < 1.29 is 19.1 Å². The number of hydrogen-bond acceptors (Lipinski definition) is 5. The number of carbonyl (C=O) groups is 2. The highest BCUT2D eigenvalue weighted by Gasteiger charge is 2.21. The van der Waals surface area contributed by atoms with Crippen LogP contribution >= 0.6 is 0 Å². The van der Waals surface area contributed by atoms with Crippen molar-refractivity contribution in [3.8, 4) is 0 Å². The lowest BCUT2D eigenvalue weighted by Gasteiger charge is -2.21. The molecular weight excluding hydrogens is 284 g/mol. The van der Waals surface area contributed by atoms with Gasteiger partial charge in [-0.15, -0.1) is 0 Å². The van der Waals surface area contributed by atoms with Gasteiger partial charge in [0, 0.05) is 12.2 Å². The van der Waals surface area contributed by atoms with Gasteiger partial charge in [0.05, 0.1) is 13.0 Å². The lowest BCUT2D eigenvalue weighted by Crippen LogP contribution is -2.27. The van der Waals surface area contributed by atoms with Gasteiger partial charge in [-0.05, 0) is 44.9 Å². The monoisotopic (exact) mass is 308 g/mol. The van der Waals surface area contributed by atoms with E-state index in [1.165, 1.54) is 7.11 Å². The molecule has 0 radical (unpaired) electrons. The molecule has 0 bridgehead atoms. The lowest BCUT2D eigenvalue weighted by molar-refractivity contribution is -0.142. The van der Waals surface area contributed by atoms with Crippen molar-refractivity contribution in [2.75, 3.05) is 19.0 Å². The van der Waals surface area contributed by atoms with Crippen LogP contribution in [-0.4, -0.2) is 31.3 Å². The third kappa shape index (κ3) is 5.04. The van der Waals surface area contributed by atoms with Crippen molar-refractivity contribution in [1.82, 2.24) is 0 Å². The molecule has 0 saturated carbocycles. The number of nitrogens with two attached hydrogens (primary N) is 1. The van der Waals surface area contributed by atoms with Crippen molar-refractivity contribution >= 4 is 17.7 Å². The number of methoxy groups -OCH3 is 1. The Balaban J connectivity index is 2.99. The molecule has 1 rings (SSSR count). The highest BCUT2D eigenvalue weighted by molar-refractivity contribution is 5.87. The molecule has 1 unspecified atom stereocenters. The van der Waals surface area contributed by atoms with Crippen molar-refractivity contribution in [2.24, 2.45) is 5.73 Å². The lowest BCUT2D eigenvalue weighted by atomic mass is 9.97. The van der Waals surface area contributed by atoms with E-state index < -0.39 is 23.6 Å². The Morgan fingerprint density at radius 2 is 1.95 bits per heavy atom. The number of hydrogen-bond donors (Lipinski definition) is 2. The standard InChI is InChI=1S/C16H24N2O4/c1-10-6-7-11(12(9-17)14(19)21-5)8-13(10)18-15(20)22-16(2,3)4/h6-8,12H,9,17H2,1-5H3,(H,18,20). The molecule has 122 valence electrons. The molecule has 0 aliphatic carbocycles. The Morgan fingerprint density at radius 3 is 2.45 bits per heavy atom. The average molecular weight is 308 g/mol. The zero-order valence-corrected chi connectivity index (χ0v) is 13.7. The fraction of sp³-hybridized carbons (Fsp3) is 0.500. The molecule has 1 amide bonds. The Labute approximate surface area is 131 Å². The number of rotatable bonds is 4. The predicted octanol–water partition coefficient (Wildman–Crippen LogP) is 2.56. The summed E-state index contributed by atoms with van der Waals surface area (Å²) in [6.07, 6.45) is -0.546. The number of carbonyl (C=O) groups excluding carboxylic acids is 2. The maximum atomic E-state index is 11.9. The molecule has 1 atom stereocenters. The van der Waals surface area contributed by atoms with E-state index in [2.05, 4.69) is 5.32 Å². The van der Waals surface area contributed by atoms with E-state index in [0.29, 0.717) is 11.3 Å². The van der Waals surface area contributed by atoms with Gasteiger partial charge in [0.25, 0.3) is 0 Å². The Hall–Kier alpha value is -2.08. The number of amides is 1. The maximum absolute atomic E-state index is 11.9. The number of nitrogens with one attached hydrogen (secondary N) is 1. The van der Waals surface area contributed by atoms with Gasteiger partial charge in [-0.1, -0.05) is 12.1 Å². The average Bonchev–Trinajstić information content (AvgIpc) is 2.40. The zero-order chi connectivity index (χ0) is 16.9. The molecule has 6 heteroatoms. The van der Waals surface area contributed by atoms with E-state index >= 15 is 0 Å². The minimum atomic E-state index is -0.582. The summed E-state index contributed by atoms with van der Waals surface area (Å²) in [6, 6.07) is 5.32. The van der Waals surface area contributed by atoms with Gasteiger partial charge in [0.2, 0.25) is 0 Å². The minimum absolute atomic E-state index is 0.127. The topological polar surface area (TPSA) is 90.6 Å². The number of aryl methyl sites for hydroxylation is 1. The molecule has 0 spiro atoms. The summed E-state index contributed by atoms with van der Waals surface area (Å²) in [5.74, 6) is -0.973. The van der Waals surface area contributed by atoms with Gasteiger partial charge in [0.15, 0.2) is 0 Å². The largest absolute Gasteiger partial charge is 0.469 e. The van der Waals surface area contributed by atoms with E-state index in [9.17, 15) is 9.59 Å². The zero-order valence-electron chi connectivity index (χ0n) is 13.7. The second-order valence-corrected chi connectivity index (χ2v) is 6.01. The predicted molar refractivity (Wildman–Crippen MR) is 84.8 cm³/mol. The Bertz CT molecular complexity index is 550. The molecule has 0 saturated heterocycles. The number of benzene rings is 1. The number of ether oxygens (including phenoxy) is 2. The molecule has 0 aromatic heterocycles. The van der Waals surface area contributed by atoms with Crippen LogP contribution in [0.15, 0.2) is 18.2 Å². The molecule has 6 nitrogen and oxygen atoms in total. The quantitative estimate of drug-likeness (QED) is 0.834. The normalized spacial score (nSPS) is 12.5. The van der Waals surface area contributed by atoms with Crippen molar-refractivity contribution in [3.05, 3.63) is 29.3 Å². The third-order valence-electron chi connectivity index (χ3n) is 3.02. The first-order valence-corrected chi connectivity index (χ1v) is 7.06. The SMILES string of the molecule is COC(=O)C(CN)c1ccc(C)c(NC(=O)OC(C)(C)C)c1. The highest BCUT2D eigenvalue weighted by atomic mass is 16.6. The van der Waals surface area contributed by atoms with Gasteiger partial charge in [-0.25, -0.2) is 4.79 Å². The summed E-state index contributed by atoms with van der Waals surface area (Å²) >= 11 is 0. The smallest absolute Gasteiger partial charge is 0.412 e. The molecule has 1 aromatic rings. The summed E-state index contributed by atoms with van der Waals surface area (Å²) in [5.41, 5.74) is 7.18. The molecule has 0 aliphatic rings. The van der Waals surface area contributed by atoms with Crippen LogP contribution in [0.1, 0.15) is 37.8 Å². The molecule has 0 fully saturated rings. The van der Waals surface area contributed by atoms with Gasteiger partial charge >= 0.3 is 12.1 Å². The fourth-order valence-corrected chi connectivity index (χ4v) is 1.92. The van der Waals surface area contributed by atoms with E-state index in [0.717, 1.165) is 5.56 Å². The molecule has 3 N–H and O–H groups in total. The first-order valence-electron chi connectivity index (χ1n) is 7.06. The second kappa shape index (κ2) is 7.26. The van der Waals surface area contributed by atoms with Crippen molar-refractivity contribution in [3.63, 3.8) is 0 Å². The Kier molecular flexibility index (Phi) is 5.93. The number of esters is 1. The summed E-state index contributed by atoms with van der Waals surface area (Å²) < 4.78 is 9.97. The van der Waals surface area contributed by atoms with Crippen molar-refractivity contribution in [2.45, 2.75) is 39.2 Å². The maximum Gasteiger partial charge on any atom is 0.412 e. The molecule has 0 aliphatic heterocycles. The van der Waals surface area contributed by atoms with Crippen LogP contribution in [0.25, 0.3) is 0 Å². The van der Waals surface area contributed by atoms with Crippen LogP contribution in [0.3, 0.4) is 0 Å². The van der Waals surface area contributed by atoms with Crippen LogP contribution in [0, 0.1) is 6.92 Å². The van der Waals surface area contributed by atoms with Crippen LogP contribution in [0.2, 0.25) is 0 Å². The van der Waals surface area contributed by atoms with Crippen LogP contribution in [-0.2, 0) is 14.3 Å². The minimum Gasteiger partial charge on any atom is -0.469 e. The van der Waals surface area contributed by atoms with E-state index in [1.807, 2.05) is 13.0 Å². The van der Waals surface area contributed by atoms with E-state index in [-0.39, 0.29) is 6.54 Å². The first-order chi connectivity index (χ1) is 10.2. The van der Waals surface area contributed by atoms with E-state index in [4.69, 9.17) is 15.2 Å². The van der Waals surface area contributed by atoms with E-state index in [1.54, 1.807) is 32.9 Å². The molecule has 0 heterocycles. The first kappa shape index (κ1) is 18.0. The summed E-state index contributed by atoms with van der Waals surface area (Å²) in [6.45, 7) is 7.35. The van der Waals surface area contributed by atoms with Gasteiger partial charge < -0.3 is 15.2 Å². The van der Waals surface area contributed by atoms with Crippen molar-refractivity contribution in [1.29, 1.82) is 0 Å². The van der Waals surface area contributed by atoms with Gasteiger partial charge in [0.1, 0.15) is 5.60 Å². The fourth-order valence-electron chi connectivity index (χ4n) is 1.92. The van der Waals surface area contributed by atoms with Crippen LogP contribution in [0.4, 0.5) is 10.5 Å². The van der Waals surface area contributed by atoms with Gasteiger partial charge in [-0.3, -0.25) is 10.1 Å². The molecule has 22 heavy (non-hydrogen) atoms. The van der Waals surface area contributed by atoms with Crippen LogP contribution < -0.4 is 11.1 Å². The Morgan fingerprint density at radius 1 is 1.32 bits per heavy atom. The molecule has 1 aromatic carbocycles. The third-order valence-corrected chi connectivity index (χ3v) is 3.02. The summed E-state index contributed by atoms with van der Waals surface area (Å²) in [4.78, 5) is 23.6. The summed E-state index contributed by atoms with van der Waals surface area (Å²) in [5, 5.41) is 2.69. The highest BCUT2D eigenvalue weighted by Crippen LogP contribution is 2.24. The molecular formula is C16H24N2O4. The number of anilines is 1.